The van der Waals surface area contributed by atoms with Gasteiger partial charge in [0.2, 0.25) is 0 Å². The average molecular weight is 209 g/mol. The van der Waals surface area contributed by atoms with E-state index in [9.17, 15) is 9.59 Å². The summed E-state index contributed by atoms with van der Waals surface area (Å²) in [5, 5.41) is 0. The van der Waals surface area contributed by atoms with Crippen molar-refractivity contribution in [2.24, 2.45) is 0 Å². The Morgan fingerprint density at radius 3 is 1.80 bits per heavy atom. The van der Waals surface area contributed by atoms with Crippen LogP contribution in [0.5, 0.6) is 0 Å². The van der Waals surface area contributed by atoms with Crippen molar-refractivity contribution in [2.75, 3.05) is 0 Å². The molecule has 84 valence electrons. The molecule has 1 rings (SSSR count). The molecule has 0 atom stereocenters. The van der Waals surface area contributed by atoms with Crippen molar-refractivity contribution >= 4 is 11.8 Å². The van der Waals surface area contributed by atoms with Gasteiger partial charge in [-0.25, -0.2) is 0 Å². The molecule has 0 N–H and O–H groups in total. The molecule has 3 heteroatoms. The summed E-state index contributed by atoms with van der Waals surface area (Å²) in [6, 6.07) is 0. The Bertz CT molecular complexity index is 270. The van der Waals surface area contributed by atoms with Gasteiger partial charge in [0.15, 0.2) is 0 Å². The summed E-state index contributed by atoms with van der Waals surface area (Å²) in [6.07, 6.45) is 6.44. The lowest BCUT2D eigenvalue weighted by Gasteiger charge is -2.37. The number of carbonyl (C=O) groups is 2. The average Bonchev–Trinajstić information content (AvgIpc) is 2.47. The Morgan fingerprint density at radius 1 is 1.07 bits per heavy atom. The van der Waals surface area contributed by atoms with Gasteiger partial charge in [-0.15, -0.1) is 0 Å². The molecule has 3 nitrogen and oxygen atoms in total. The number of carbonyl (C=O) groups excluding carboxylic acids is 2. The predicted octanol–water partition coefficient (Wildman–Crippen LogP) is 2.27. The lowest BCUT2D eigenvalue weighted by Crippen LogP contribution is -2.49. The number of rotatable bonds is 5. The molecule has 0 spiro atoms. The van der Waals surface area contributed by atoms with Gasteiger partial charge in [-0.2, -0.15) is 0 Å². The van der Waals surface area contributed by atoms with Gasteiger partial charge in [0, 0.05) is 17.7 Å². The number of amides is 2. The SMILES string of the molecule is CCCC(C)(CCC)N1C(=O)C=CC1=O. The highest BCUT2D eigenvalue weighted by Gasteiger charge is 2.39. The van der Waals surface area contributed by atoms with Crippen molar-refractivity contribution < 1.29 is 9.59 Å². The lowest BCUT2D eigenvalue weighted by molar-refractivity contribution is -0.144. The van der Waals surface area contributed by atoms with Crippen LogP contribution >= 0.6 is 0 Å². The zero-order chi connectivity index (χ0) is 11.5. The van der Waals surface area contributed by atoms with Gasteiger partial charge in [0.05, 0.1) is 0 Å². The maximum Gasteiger partial charge on any atom is 0.254 e. The van der Waals surface area contributed by atoms with Gasteiger partial charge in [0.25, 0.3) is 11.8 Å². The number of imide groups is 1. The van der Waals surface area contributed by atoms with E-state index in [2.05, 4.69) is 13.8 Å². The van der Waals surface area contributed by atoms with Gasteiger partial charge in [0.1, 0.15) is 0 Å². The number of hydrogen-bond acceptors (Lipinski definition) is 2. The Labute approximate surface area is 91.1 Å². The van der Waals surface area contributed by atoms with Crippen LogP contribution < -0.4 is 0 Å². The van der Waals surface area contributed by atoms with Crippen molar-refractivity contribution in [1.29, 1.82) is 0 Å². The van der Waals surface area contributed by atoms with E-state index in [4.69, 9.17) is 0 Å². The zero-order valence-corrected chi connectivity index (χ0v) is 9.75. The first-order chi connectivity index (χ1) is 7.05. The third kappa shape index (κ3) is 2.28. The number of hydrogen-bond donors (Lipinski definition) is 0. The molecule has 0 aromatic carbocycles. The Kier molecular flexibility index (Phi) is 3.66. The highest BCUT2D eigenvalue weighted by molar-refractivity contribution is 6.13. The molecule has 0 fully saturated rings. The van der Waals surface area contributed by atoms with Gasteiger partial charge in [-0.3, -0.25) is 14.5 Å². The highest BCUT2D eigenvalue weighted by atomic mass is 16.2. The maximum atomic E-state index is 11.6. The number of nitrogens with zero attached hydrogens (tertiary/aromatic N) is 1. The zero-order valence-electron chi connectivity index (χ0n) is 9.75. The second kappa shape index (κ2) is 4.60. The second-order valence-electron chi connectivity index (χ2n) is 4.34. The largest absolute Gasteiger partial charge is 0.269 e. The van der Waals surface area contributed by atoms with Gasteiger partial charge in [-0.05, 0) is 19.8 Å². The first kappa shape index (κ1) is 12.0. The molecule has 0 aromatic rings. The van der Waals surface area contributed by atoms with Crippen molar-refractivity contribution in [3.05, 3.63) is 12.2 Å². The fourth-order valence-electron chi connectivity index (χ4n) is 2.36. The molecule has 1 aliphatic rings. The third-order valence-electron chi connectivity index (χ3n) is 2.93. The third-order valence-corrected chi connectivity index (χ3v) is 2.93. The van der Waals surface area contributed by atoms with Crippen molar-refractivity contribution in [3.8, 4) is 0 Å². The Morgan fingerprint density at radius 2 is 1.47 bits per heavy atom. The van der Waals surface area contributed by atoms with E-state index in [1.54, 1.807) is 0 Å². The van der Waals surface area contributed by atoms with Crippen LogP contribution in [0.25, 0.3) is 0 Å². The molecule has 1 aliphatic heterocycles. The Balaban J connectivity index is 2.89. The summed E-state index contributed by atoms with van der Waals surface area (Å²) in [6.45, 7) is 6.15. The van der Waals surface area contributed by atoms with Crippen LogP contribution in [0.1, 0.15) is 46.5 Å². The van der Waals surface area contributed by atoms with Gasteiger partial charge >= 0.3 is 0 Å². The van der Waals surface area contributed by atoms with Crippen LogP contribution in [0.2, 0.25) is 0 Å². The van der Waals surface area contributed by atoms with Crippen LogP contribution in [-0.2, 0) is 9.59 Å². The summed E-state index contributed by atoms with van der Waals surface area (Å²) in [4.78, 5) is 24.6. The van der Waals surface area contributed by atoms with Crippen molar-refractivity contribution in [3.63, 3.8) is 0 Å². The highest BCUT2D eigenvalue weighted by Crippen LogP contribution is 2.29. The lowest BCUT2D eigenvalue weighted by atomic mass is 9.89. The van der Waals surface area contributed by atoms with Crippen LogP contribution in [0.3, 0.4) is 0 Å². The van der Waals surface area contributed by atoms with Crippen molar-refractivity contribution in [2.45, 2.75) is 52.0 Å². The molecule has 2 amide bonds. The molecule has 15 heavy (non-hydrogen) atoms. The standard InChI is InChI=1S/C12H19NO2/c1-4-8-12(3,9-5-2)13-10(14)6-7-11(13)15/h6-7H,4-5,8-9H2,1-3H3. The van der Waals surface area contributed by atoms with Gasteiger partial charge < -0.3 is 0 Å². The molecule has 0 aliphatic carbocycles. The minimum Gasteiger partial charge on any atom is -0.269 e. The first-order valence-corrected chi connectivity index (χ1v) is 5.61. The van der Waals surface area contributed by atoms with Gasteiger partial charge in [-0.1, -0.05) is 26.7 Å². The van der Waals surface area contributed by atoms with Crippen LogP contribution in [-0.4, -0.2) is 22.3 Å². The van der Waals surface area contributed by atoms with Crippen LogP contribution in [0.15, 0.2) is 12.2 Å². The molecule has 0 aromatic heterocycles. The minimum absolute atomic E-state index is 0.163. The topological polar surface area (TPSA) is 37.4 Å². The van der Waals surface area contributed by atoms with Crippen LogP contribution in [0, 0.1) is 0 Å². The van der Waals surface area contributed by atoms with E-state index in [0.717, 1.165) is 25.7 Å². The molecule has 0 bridgehead atoms. The smallest absolute Gasteiger partial charge is 0.254 e. The van der Waals surface area contributed by atoms with E-state index >= 15 is 0 Å². The maximum absolute atomic E-state index is 11.6. The summed E-state index contributed by atoms with van der Waals surface area (Å²) in [7, 11) is 0. The molecular weight excluding hydrogens is 190 g/mol. The molecule has 1 heterocycles. The summed E-state index contributed by atoms with van der Waals surface area (Å²) in [5.74, 6) is -0.325. The summed E-state index contributed by atoms with van der Waals surface area (Å²) in [5.41, 5.74) is -0.304. The molecule has 0 saturated heterocycles. The van der Waals surface area contributed by atoms with E-state index in [1.807, 2.05) is 6.92 Å². The van der Waals surface area contributed by atoms with Crippen molar-refractivity contribution in [1.82, 2.24) is 4.90 Å². The van der Waals surface area contributed by atoms with E-state index < -0.39 is 0 Å². The van der Waals surface area contributed by atoms with E-state index in [0.29, 0.717) is 0 Å². The monoisotopic (exact) mass is 209 g/mol. The predicted molar refractivity (Wildman–Crippen MR) is 59.2 cm³/mol. The fraction of sp³-hybridized carbons (Fsp3) is 0.667. The minimum atomic E-state index is -0.304. The van der Waals surface area contributed by atoms with E-state index in [1.165, 1.54) is 17.1 Å². The molecule has 0 saturated carbocycles. The molecular formula is C12H19NO2. The second-order valence-corrected chi connectivity index (χ2v) is 4.34. The fourth-order valence-corrected chi connectivity index (χ4v) is 2.36. The normalized spacial score (nSPS) is 16.6. The Hall–Kier alpha value is -1.12. The summed E-state index contributed by atoms with van der Waals surface area (Å²) >= 11 is 0. The first-order valence-electron chi connectivity index (χ1n) is 5.61. The molecule has 0 radical (unpaired) electrons. The van der Waals surface area contributed by atoms with E-state index in [-0.39, 0.29) is 17.4 Å². The quantitative estimate of drug-likeness (QED) is 0.651. The summed E-state index contributed by atoms with van der Waals surface area (Å²) < 4.78 is 0. The van der Waals surface area contributed by atoms with Crippen LogP contribution in [0.4, 0.5) is 0 Å². The molecule has 0 unspecified atom stereocenters.